The Kier molecular flexibility index (Phi) is 6.65. The zero-order chi connectivity index (χ0) is 18.5. The van der Waals surface area contributed by atoms with Gasteiger partial charge < -0.3 is 14.8 Å². The summed E-state index contributed by atoms with van der Waals surface area (Å²) in [6.45, 7) is 7.06. The van der Waals surface area contributed by atoms with Gasteiger partial charge in [0.15, 0.2) is 4.77 Å². The third kappa shape index (κ3) is 5.56. The number of rotatable bonds is 8. The van der Waals surface area contributed by atoms with Gasteiger partial charge in [0.2, 0.25) is 0 Å². The van der Waals surface area contributed by atoms with Crippen molar-refractivity contribution in [2.24, 2.45) is 5.41 Å². The number of nitrogens with one attached hydrogen (secondary N) is 1. The van der Waals surface area contributed by atoms with Gasteiger partial charge in [-0.1, -0.05) is 38.4 Å². The SMILES string of the molecule is CC(C)(C)C(O)(CCCCOc1cccc(Cl)c1)Cn1nc[nH]c1=S. The second-order valence-corrected chi connectivity index (χ2v) is 8.12. The number of aliphatic hydroxyl groups is 1. The number of halogens is 1. The van der Waals surface area contributed by atoms with Gasteiger partial charge in [0.25, 0.3) is 0 Å². The van der Waals surface area contributed by atoms with Crippen LogP contribution in [0.2, 0.25) is 5.02 Å². The fourth-order valence-electron chi connectivity index (χ4n) is 2.60. The summed E-state index contributed by atoms with van der Waals surface area (Å²) < 4.78 is 7.87. The third-order valence-corrected chi connectivity index (χ3v) is 5.04. The first-order valence-corrected chi connectivity index (χ1v) is 9.21. The van der Waals surface area contributed by atoms with Crippen molar-refractivity contribution >= 4 is 23.8 Å². The maximum atomic E-state index is 11.2. The highest BCUT2D eigenvalue weighted by molar-refractivity contribution is 7.71. The van der Waals surface area contributed by atoms with Crippen LogP contribution in [0.1, 0.15) is 40.0 Å². The quantitative estimate of drug-likeness (QED) is 0.515. The van der Waals surface area contributed by atoms with Gasteiger partial charge in [0, 0.05) is 5.02 Å². The maximum Gasteiger partial charge on any atom is 0.195 e. The molecule has 5 nitrogen and oxygen atoms in total. The molecule has 0 bridgehead atoms. The van der Waals surface area contributed by atoms with Crippen LogP contribution in [0.15, 0.2) is 30.6 Å². The number of nitrogens with zero attached hydrogens (tertiary/aromatic N) is 2. The summed E-state index contributed by atoms with van der Waals surface area (Å²) >= 11 is 11.1. The van der Waals surface area contributed by atoms with Crippen molar-refractivity contribution in [1.29, 1.82) is 0 Å². The number of H-pyrrole nitrogens is 1. The Morgan fingerprint density at radius 1 is 1.32 bits per heavy atom. The topological polar surface area (TPSA) is 63.1 Å². The van der Waals surface area contributed by atoms with E-state index < -0.39 is 5.60 Å². The predicted octanol–water partition coefficient (Wildman–Crippen LogP) is 4.62. The molecule has 0 spiro atoms. The smallest absolute Gasteiger partial charge is 0.195 e. The van der Waals surface area contributed by atoms with Crippen molar-refractivity contribution in [2.45, 2.75) is 52.2 Å². The van der Waals surface area contributed by atoms with Crippen LogP contribution in [0.25, 0.3) is 0 Å². The van der Waals surface area contributed by atoms with Crippen LogP contribution < -0.4 is 4.74 Å². The molecular formula is C18H26ClN3O2S. The van der Waals surface area contributed by atoms with E-state index in [2.05, 4.69) is 10.1 Å². The minimum absolute atomic E-state index is 0.297. The number of aromatic nitrogens is 3. The molecule has 1 aromatic heterocycles. The first-order valence-electron chi connectivity index (χ1n) is 8.42. The summed E-state index contributed by atoms with van der Waals surface area (Å²) in [4.78, 5) is 2.87. The number of aromatic amines is 1. The molecule has 2 aromatic rings. The molecule has 0 radical (unpaired) electrons. The van der Waals surface area contributed by atoms with Gasteiger partial charge in [0.05, 0.1) is 18.8 Å². The van der Waals surface area contributed by atoms with E-state index in [1.807, 2.05) is 39.0 Å². The Labute approximate surface area is 159 Å². The number of hydrogen-bond donors (Lipinski definition) is 2. The normalized spacial score (nSPS) is 14.3. The molecule has 0 fully saturated rings. The van der Waals surface area contributed by atoms with Crippen molar-refractivity contribution in [2.75, 3.05) is 6.61 Å². The van der Waals surface area contributed by atoms with Crippen molar-refractivity contribution < 1.29 is 9.84 Å². The van der Waals surface area contributed by atoms with Crippen molar-refractivity contribution in [3.05, 3.63) is 40.4 Å². The summed E-state index contributed by atoms with van der Waals surface area (Å²) in [6.07, 6.45) is 3.87. The Balaban J connectivity index is 1.88. The minimum Gasteiger partial charge on any atom is -0.494 e. The second-order valence-electron chi connectivity index (χ2n) is 7.30. The Morgan fingerprint density at radius 2 is 2.08 bits per heavy atom. The highest BCUT2D eigenvalue weighted by Gasteiger charge is 2.40. The van der Waals surface area contributed by atoms with Crippen LogP contribution >= 0.6 is 23.8 Å². The molecule has 0 saturated heterocycles. The van der Waals surface area contributed by atoms with E-state index in [-0.39, 0.29) is 5.41 Å². The summed E-state index contributed by atoms with van der Waals surface area (Å²) in [5.74, 6) is 0.765. The van der Waals surface area contributed by atoms with Gasteiger partial charge in [-0.05, 0) is 55.1 Å². The van der Waals surface area contributed by atoms with Crippen molar-refractivity contribution in [3.63, 3.8) is 0 Å². The third-order valence-electron chi connectivity index (χ3n) is 4.48. The fourth-order valence-corrected chi connectivity index (χ4v) is 2.94. The molecule has 0 saturated carbocycles. The largest absolute Gasteiger partial charge is 0.494 e. The first-order chi connectivity index (χ1) is 11.7. The Bertz CT molecular complexity index is 738. The molecule has 1 aromatic carbocycles. The van der Waals surface area contributed by atoms with Gasteiger partial charge in [-0.15, -0.1) is 0 Å². The molecule has 2 N–H and O–H groups in total. The summed E-state index contributed by atoms with van der Waals surface area (Å²) in [6, 6.07) is 7.37. The maximum absolute atomic E-state index is 11.2. The van der Waals surface area contributed by atoms with Crippen LogP contribution in [0.4, 0.5) is 0 Å². The van der Waals surface area contributed by atoms with E-state index in [9.17, 15) is 5.11 Å². The Morgan fingerprint density at radius 3 is 2.68 bits per heavy atom. The van der Waals surface area contributed by atoms with Crippen LogP contribution in [0.3, 0.4) is 0 Å². The number of benzene rings is 1. The number of hydrogen-bond acceptors (Lipinski definition) is 4. The molecular weight excluding hydrogens is 358 g/mol. The summed E-state index contributed by atoms with van der Waals surface area (Å²) in [5, 5.41) is 16.0. The standard InChI is InChI=1S/C18H26ClN3O2S/c1-17(2,3)18(23,12-22-16(25)20-13-21-22)9-4-5-10-24-15-8-6-7-14(19)11-15/h6-8,11,13,23H,4-5,9-10,12H2,1-3H3,(H,20,21,25). The lowest BCUT2D eigenvalue weighted by Gasteiger charge is -2.40. The lowest BCUT2D eigenvalue weighted by atomic mass is 9.73. The van der Waals surface area contributed by atoms with Crippen LogP contribution in [-0.4, -0.2) is 32.1 Å². The lowest BCUT2D eigenvalue weighted by molar-refractivity contribution is -0.0819. The van der Waals surface area contributed by atoms with E-state index in [1.165, 1.54) is 0 Å². The highest BCUT2D eigenvalue weighted by Crippen LogP contribution is 2.36. The van der Waals surface area contributed by atoms with Gasteiger partial charge in [-0.3, -0.25) is 0 Å². The van der Waals surface area contributed by atoms with E-state index >= 15 is 0 Å². The second kappa shape index (κ2) is 8.34. The molecule has 138 valence electrons. The lowest BCUT2D eigenvalue weighted by Crippen LogP contribution is -2.46. The van der Waals surface area contributed by atoms with E-state index in [4.69, 9.17) is 28.6 Å². The highest BCUT2D eigenvalue weighted by atomic mass is 35.5. The monoisotopic (exact) mass is 383 g/mol. The molecule has 25 heavy (non-hydrogen) atoms. The van der Waals surface area contributed by atoms with Gasteiger partial charge >= 0.3 is 0 Å². The van der Waals surface area contributed by atoms with E-state index in [0.29, 0.717) is 29.4 Å². The molecule has 2 rings (SSSR count). The molecule has 0 amide bonds. The van der Waals surface area contributed by atoms with Crippen LogP contribution in [-0.2, 0) is 6.54 Å². The number of ether oxygens (including phenoxy) is 1. The average molecular weight is 384 g/mol. The van der Waals surface area contributed by atoms with Crippen molar-refractivity contribution in [1.82, 2.24) is 14.8 Å². The predicted molar refractivity (Wildman–Crippen MR) is 103 cm³/mol. The fraction of sp³-hybridized carbons (Fsp3) is 0.556. The van der Waals surface area contributed by atoms with Gasteiger partial charge in [-0.25, -0.2) is 4.68 Å². The zero-order valence-corrected chi connectivity index (χ0v) is 16.5. The summed E-state index contributed by atoms with van der Waals surface area (Å²) in [7, 11) is 0. The molecule has 1 unspecified atom stereocenters. The van der Waals surface area contributed by atoms with E-state index in [1.54, 1.807) is 17.1 Å². The van der Waals surface area contributed by atoms with Crippen LogP contribution in [0.5, 0.6) is 5.75 Å². The molecule has 1 heterocycles. The first kappa shape index (κ1) is 19.9. The molecule has 0 aliphatic heterocycles. The Hall–Kier alpha value is -1.37. The zero-order valence-electron chi connectivity index (χ0n) is 15.0. The average Bonchev–Trinajstić information content (AvgIpc) is 2.91. The van der Waals surface area contributed by atoms with Crippen molar-refractivity contribution in [3.8, 4) is 5.75 Å². The molecule has 0 aliphatic rings. The molecule has 0 aliphatic carbocycles. The molecule has 7 heteroatoms. The minimum atomic E-state index is -0.906. The van der Waals surface area contributed by atoms with E-state index in [0.717, 1.165) is 18.6 Å². The molecule has 1 atom stereocenters. The number of unbranched alkanes of at least 4 members (excludes halogenated alkanes) is 1. The van der Waals surface area contributed by atoms with Gasteiger partial charge in [-0.2, -0.15) is 5.10 Å². The van der Waals surface area contributed by atoms with Gasteiger partial charge in [0.1, 0.15) is 12.1 Å². The van der Waals surface area contributed by atoms with Crippen LogP contribution in [0, 0.1) is 10.2 Å². The summed E-state index contributed by atoms with van der Waals surface area (Å²) in [5.41, 5.74) is -1.20.